The van der Waals surface area contributed by atoms with Crippen molar-refractivity contribution in [3.8, 4) is 5.75 Å². The second kappa shape index (κ2) is 4.26. The highest BCUT2D eigenvalue weighted by Gasteiger charge is 2.16. The molecule has 1 aromatic carbocycles. The summed E-state index contributed by atoms with van der Waals surface area (Å²) < 4.78 is 27.2. The van der Waals surface area contributed by atoms with E-state index in [0.717, 1.165) is 23.3 Å². The number of halogens is 1. The van der Waals surface area contributed by atoms with Crippen molar-refractivity contribution in [3.05, 3.63) is 28.8 Å². The number of ether oxygens (including phenoxy) is 1. The predicted molar refractivity (Wildman–Crippen MR) is 63.7 cm³/mol. The quantitative estimate of drug-likeness (QED) is 0.781. The molecular formula is C11H13ClO3S. The zero-order chi connectivity index (χ0) is 11.8. The van der Waals surface area contributed by atoms with Gasteiger partial charge in [-0.1, -0.05) is 12.1 Å². The predicted octanol–water partition coefficient (Wildman–Crippen LogP) is 2.04. The number of rotatable bonds is 3. The highest BCUT2D eigenvalue weighted by molar-refractivity contribution is 8.13. The standard InChI is InChI=1S/C11H13ClO3S/c1-8-6-9(3-5-16(12,13)14)7-10-2-4-15-11(8)10/h6-7H,2-5H2,1H3. The second-order valence-corrected chi connectivity index (χ2v) is 6.89. The molecular weight excluding hydrogens is 248 g/mol. The summed E-state index contributed by atoms with van der Waals surface area (Å²) >= 11 is 0. The Labute approximate surface area is 99.8 Å². The fourth-order valence-corrected chi connectivity index (χ4v) is 2.68. The molecule has 0 spiro atoms. The number of hydrogen-bond donors (Lipinski definition) is 0. The molecule has 1 aromatic rings. The third kappa shape index (κ3) is 2.68. The van der Waals surface area contributed by atoms with E-state index < -0.39 is 9.05 Å². The van der Waals surface area contributed by atoms with Gasteiger partial charge in [0.05, 0.1) is 12.4 Å². The van der Waals surface area contributed by atoms with Crippen LogP contribution in [-0.2, 0) is 21.9 Å². The zero-order valence-electron chi connectivity index (χ0n) is 8.99. The van der Waals surface area contributed by atoms with Crippen LogP contribution in [0, 0.1) is 6.92 Å². The molecule has 2 rings (SSSR count). The molecule has 0 atom stereocenters. The van der Waals surface area contributed by atoms with Gasteiger partial charge in [-0.05, 0) is 30.0 Å². The summed E-state index contributed by atoms with van der Waals surface area (Å²) in [4.78, 5) is 0. The van der Waals surface area contributed by atoms with Crippen LogP contribution in [0.4, 0.5) is 0 Å². The average molecular weight is 261 g/mol. The van der Waals surface area contributed by atoms with Crippen LogP contribution in [0.25, 0.3) is 0 Å². The van der Waals surface area contributed by atoms with Crippen LogP contribution < -0.4 is 4.74 Å². The molecule has 0 aliphatic carbocycles. The maximum Gasteiger partial charge on any atom is 0.232 e. The summed E-state index contributed by atoms with van der Waals surface area (Å²) in [5.41, 5.74) is 3.24. The lowest BCUT2D eigenvalue weighted by Gasteiger charge is -2.07. The lowest BCUT2D eigenvalue weighted by atomic mass is 10.0. The van der Waals surface area contributed by atoms with Gasteiger partial charge < -0.3 is 4.74 Å². The monoisotopic (exact) mass is 260 g/mol. The largest absolute Gasteiger partial charge is 0.493 e. The first-order valence-corrected chi connectivity index (χ1v) is 7.61. The Morgan fingerprint density at radius 2 is 2.19 bits per heavy atom. The molecule has 88 valence electrons. The van der Waals surface area contributed by atoms with Gasteiger partial charge in [0.2, 0.25) is 9.05 Å². The summed E-state index contributed by atoms with van der Waals surface area (Å²) in [6, 6.07) is 3.98. The summed E-state index contributed by atoms with van der Waals surface area (Å²) in [6.45, 7) is 2.69. The van der Waals surface area contributed by atoms with Crippen LogP contribution in [0.3, 0.4) is 0 Å². The van der Waals surface area contributed by atoms with E-state index in [1.54, 1.807) is 0 Å². The Morgan fingerprint density at radius 3 is 2.88 bits per heavy atom. The van der Waals surface area contributed by atoms with Crippen molar-refractivity contribution < 1.29 is 13.2 Å². The highest BCUT2D eigenvalue weighted by atomic mass is 35.7. The van der Waals surface area contributed by atoms with E-state index in [1.165, 1.54) is 5.56 Å². The molecule has 0 amide bonds. The van der Waals surface area contributed by atoms with E-state index in [4.69, 9.17) is 15.4 Å². The first-order valence-electron chi connectivity index (χ1n) is 5.13. The van der Waals surface area contributed by atoms with E-state index >= 15 is 0 Å². The fraction of sp³-hybridized carbons (Fsp3) is 0.455. The maximum atomic E-state index is 10.9. The molecule has 0 unspecified atom stereocenters. The Kier molecular flexibility index (Phi) is 3.13. The summed E-state index contributed by atoms with van der Waals surface area (Å²) in [5, 5.41) is 0. The number of hydrogen-bond acceptors (Lipinski definition) is 3. The van der Waals surface area contributed by atoms with E-state index in [9.17, 15) is 8.42 Å². The highest BCUT2D eigenvalue weighted by Crippen LogP contribution is 2.30. The molecule has 0 N–H and O–H groups in total. The van der Waals surface area contributed by atoms with E-state index in [2.05, 4.69) is 0 Å². The van der Waals surface area contributed by atoms with Crippen LogP contribution in [0.2, 0.25) is 0 Å². The van der Waals surface area contributed by atoms with E-state index in [-0.39, 0.29) is 5.75 Å². The van der Waals surface area contributed by atoms with Gasteiger partial charge in [-0.3, -0.25) is 0 Å². The summed E-state index contributed by atoms with van der Waals surface area (Å²) in [5.74, 6) is 0.936. The molecule has 0 saturated heterocycles. The smallest absolute Gasteiger partial charge is 0.232 e. The van der Waals surface area contributed by atoms with Crippen molar-refractivity contribution in [1.82, 2.24) is 0 Å². The Hall–Kier alpha value is -0.740. The Bertz CT molecular complexity index is 508. The normalized spacial score (nSPS) is 14.6. The molecule has 1 aliphatic rings. The number of fused-ring (bicyclic) bond motifs is 1. The van der Waals surface area contributed by atoms with Crippen molar-refractivity contribution in [1.29, 1.82) is 0 Å². The van der Waals surface area contributed by atoms with Crippen molar-refractivity contribution in [2.45, 2.75) is 19.8 Å². The molecule has 0 bridgehead atoms. The lowest BCUT2D eigenvalue weighted by Crippen LogP contribution is -2.01. The van der Waals surface area contributed by atoms with Gasteiger partial charge in [-0.2, -0.15) is 0 Å². The molecule has 0 saturated carbocycles. The van der Waals surface area contributed by atoms with Crippen LogP contribution in [0.5, 0.6) is 5.75 Å². The van der Waals surface area contributed by atoms with Crippen molar-refractivity contribution in [2.24, 2.45) is 0 Å². The van der Waals surface area contributed by atoms with Crippen LogP contribution >= 0.6 is 10.7 Å². The van der Waals surface area contributed by atoms with Crippen molar-refractivity contribution in [2.75, 3.05) is 12.4 Å². The molecule has 3 nitrogen and oxygen atoms in total. The van der Waals surface area contributed by atoms with Gasteiger partial charge in [-0.25, -0.2) is 8.42 Å². The summed E-state index contributed by atoms with van der Waals surface area (Å²) in [6.07, 6.45) is 1.36. The molecule has 1 heterocycles. The molecule has 0 fully saturated rings. The van der Waals surface area contributed by atoms with E-state index in [0.29, 0.717) is 13.0 Å². The van der Waals surface area contributed by atoms with Gasteiger partial charge in [0.1, 0.15) is 5.75 Å². The van der Waals surface area contributed by atoms with Gasteiger partial charge in [0.25, 0.3) is 0 Å². The third-order valence-corrected chi connectivity index (χ3v) is 3.82. The lowest BCUT2D eigenvalue weighted by molar-refractivity contribution is 0.354. The zero-order valence-corrected chi connectivity index (χ0v) is 10.6. The number of aryl methyl sites for hydroxylation is 2. The third-order valence-electron chi connectivity index (χ3n) is 2.66. The number of benzene rings is 1. The van der Waals surface area contributed by atoms with Crippen molar-refractivity contribution >= 4 is 19.7 Å². The molecule has 16 heavy (non-hydrogen) atoms. The minimum atomic E-state index is -3.41. The maximum absolute atomic E-state index is 10.9. The molecule has 5 heteroatoms. The minimum absolute atomic E-state index is 0.0202. The van der Waals surface area contributed by atoms with Crippen LogP contribution in [0.1, 0.15) is 16.7 Å². The topological polar surface area (TPSA) is 43.4 Å². The van der Waals surface area contributed by atoms with Crippen LogP contribution in [-0.4, -0.2) is 20.8 Å². The van der Waals surface area contributed by atoms with Gasteiger partial charge in [-0.15, -0.1) is 0 Å². The van der Waals surface area contributed by atoms with Gasteiger partial charge >= 0.3 is 0 Å². The Balaban J connectivity index is 2.21. The van der Waals surface area contributed by atoms with Crippen LogP contribution in [0.15, 0.2) is 12.1 Å². The molecule has 0 aromatic heterocycles. The summed E-state index contributed by atoms with van der Waals surface area (Å²) in [7, 11) is 1.78. The van der Waals surface area contributed by atoms with Crippen molar-refractivity contribution in [3.63, 3.8) is 0 Å². The second-order valence-electron chi connectivity index (χ2n) is 3.99. The van der Waals surface area contributed by atoms with E-state index in [1.807, 2.05) is 19.1 Å². The Morgan fingerprint density at radius 1 is 1.44 bits per heavy atom. The van der Waals surface area contributed by atoms with Gasteiger partial charge in [0, 0.05) is 17.1 Å². The van der Waals surface area contributed by atoms with Gasteiger partial charge in [0.15, 0.2) is 0 Å². The minimum Gasteiger partial charge on any atom is -0.493 e. The fourth-order valence-electron chi connectivity index (χ4n) is 1.97. The first-order chi connectivity index (χ1) is 7.46. The first kappa shape index (κ1) is 11.7. The molecule has 1 aliphatic heterocycles. The average Bonchev–Trinajstić information content (AvgIpc) is 2.62. The SMILES string of the molecule is Cc1cc(CCS(=O)(=O)Cl)cc2c1OCC2. The molecule has 0 radical (unpaired) electrons.